The summed E-state index contributed by atoms with van der Waals surface area (Å²) in [6.07, 6.45) is 0. The normalized spacial score (nSPS) is 11.0. The first-order valence-electron chi connectivity index (χ1n) is 8.10. The summed E-state index contributed by atoms with van der Waals surface area (Å²) >= 11 is 0. The van der Waals surface area contributed by atoms with E-state index in [2.05, 4.69) is 5.32 Å². The van der Waals surface area contributed by atoms with Crippen molar-refractivity contribution in [1.82, 2.24) is 0 Å². The summed E-state index contributed by atoms with van der Waals surface area (Å²) in [6.45, 7) is 4.80. The van der Waals surface area contributed by atoms with Crippen LogP contribution in [0.5, 0.6) is 0 Å². The smallest absolute Gasteiger partial charge is 0.339 e. The summed E-state index contributed by atoms with van der Waals surface area (Å²) in [5.41, 5.74) is 2.52. The van der Waals surface area contributed by atoms with Crippen LogP contribution in [0.3, 0.4) is 0 Å². The van der Waals surface area contributed by atoms with Crippen molar-refractivity contribution < 1.29 is 22.7 Å². The zero-order chi connectivity index (χ0) is 19.3. The van der Waals surface area contributed by atoms with Crippen LogP contribution in [-0.4, -0.2) is 32.7 Å². The molecule has 1 N–H and O–H groups in total. The topological polar surface area (TPSA) is 89.5 Å². The van der Waals surface area contributed by atoms with E-state index in [9.17, 15) is 18.0 Å². The first-order valence-corrected chi connectivity index (χ1v) is 9.76. The van der Waals surface area contributed by atoms with Gasteiger partial charge in [0.25, 0.3) is 5.91 Å². The Kier molecular flexibility index (Phi) is 6.15. The number of anilines is 1. The fourth-order valence-corrected chi connectivity index (χ4v) is 3.49. The second kappa shape index (κ2) is 8.14. The summed E-state index contributed by atoms with van der Waals surface area (Å²) < 4.78 is 29.2. The maximum atomic E-state index is 12.2. The molecule has 26 heavy (non-hydrogen) atoms. The highest BCUT2D eigenvalue weighted by molar-refractivity contribution is 7.91. The van der Waals surface area contributed by atoms with E-state index >= 15 is 0 Å². The summed E-state index contributed by atoms with van der Waals surface area (Å²) in [5, 5.41) is 2.67. The third-order valence-electron chi connectivity index (χ3n) is 3.81. The van der Waals surface area contributed by atoms with E-state index < -0.39 is 28.3 Å². The third-order valence-corrected chi connectivity index (χ3v) is 5.60. The Labute approximate surface area is 153 Å². The molecule has 0 radical (unpaired) electrons. The Balaban J connectivity index is 2.06. The number of sulfone groups is 1. The number of nitrogens with one attached hydrogen (secondary N) is 1. The molecular weight excluding hydrogens is 354 g/mol. The molecular formula is C19H21NO5S. The third kappa shape index (κ3) is 4.70. The van der Waals surface area contributed by atoms with Crippen LogP contribution in [0.1, 0.15) is 28.4 Å². The van der Waals surface area contributed by atoms with Crippen molar-refractivity contribution in [3.05, 3.63) is 59.2 Å². The number of ether oxygens (including phenoxy) is 1. The van der Waals surface area contributed by atoms with E-state index in [1.54, 1.807) is 12.1 Å². The molecule has 0 saturated carbocycles. The number of carbonyl (C=O) groups is 2. The Morgan fingerprint density at radius 1 is 1.08 bits per heavy atom. The number of hydrogen-bond donors (Lipinski definition) is 1. The molecule has 0 fully saturated rings. The number of benzene rings is 2. The summed E-state index contributed by atoms with van der Waals surface area (Å²) in [4.78, 5) is 24.2. The van der Waals surface area contributed by atoms with Crippen molar-refractivity contribution in [3.8, 4) is 0 Å². The standard InChI is InChI=1S/C19H21NO5S/c1-4-26(23,24)17-8-6-5-7-15(17)19(22)25-12-18(21)20-16-10-9-13(2)11-14(16)3/h5-11H,4,12H2,1-3H3,(H,20,21). The SMILES string of the molecule is CCS(=O)(=O)c1ccccc1C(=O)OCC(=O)Nc1ccc(C)cc1C. The van der Waals surface area contributed by atoms with Crippen LogP contribution >= 0.6 is 0 Å². The second-order valence-corrected chi connectivity index (χ2v) is 8.09. The Hall–Kier alpha value is -2.67. The zero-order valence-corrected chi connectivity index (χ0v) is 15.7. The van der Waals surface area contributed by atoms with Gasteiger partial charge in [-0.05, 0) is 37.6 Å². The first-order chi connectivity index (χ1) is 12.2. The van der Waals surface area contributed by atoms with Gasteiger partial charge < -0.3 is 10.1 Å². The monoisotopic (exact) mass is 375 g/mol. The Bertz CT molecular complexity index is 935. The van der Waals surface area contributed by atoms with Crippen molar-refractivity contribution in [2.45, 2.75) is 25.7 Å². The average Bonchev–Trinajstić information content (AvgIpc) is 2.62. The average molecular weight is 375 g/mol. The van der Waals surface area contributed by atoms with E-state index in [0.717, 1.165) is 11.1 Å². The zero-order valence-electron chi connectivity index (χ0n) is 14.9. The van der Waals surface area contributed by atoms with E-state index in [-0.39, 0.29) is 16.2 Å². The quantitative estimate of drug-likeness (QED) is 0.784. The molecule has 0 spiro atoms. The molecule has 0 bridgehead atoms. The highest BCUT2D eigenvalue weighted by Gasteiger charge is 2.22. The molecule has 2 aromatic rings. The van der Waals surface area contributed by atoms with Crippen molar-refractivity contribution in [3.63, 3.8) is 0 Å². The van der Waals surface area contributed by atoms with Gasteiger partial charge in [0.1, 0.15) is 0 Å². The van der Waals surface area contributed by atoms with E-state index in [4.69, 9.17) is 4.74 Å². The number of esters is 1. The van der Waals surface area contributed by atoms with E-state index in [0.29, 0.717) is 5.69 Å². The first kappa shape index (κ1) is 19.7. The Morgan fingerprint density at radius 3 is 2.42 bits per heavy atom. The fourth-order valence-electron chi connectivity index (χ4n) is 2.41. The highest BCUT2D eigenvalue weighted by Crippen LogP contribution is 2.18. The minimum Gasteiger partial charge on any atom is -0.452 e. The van der Waals surface area contributed by atoms with Gasteiger partial charge in [-0.25, -0.2) is 13.2 Å². The van der Waals surface area contributed by atoms with Crippen LogP contribution < -0.4 is 5.32 Å². The molecule has 0 aromatic heterocycles. The molecule has 6 nitrogen and oxygen atoms in total. The predicted molar refractivity (Wildman–Crippen MR) is 99.0 cm³/mol. The number of amides is 1. The molecule has 7 heteroatoms. The largest absolute Gasteiger partial charge is 0.452 e. The van der Waals surface area contributed by atoms with Crippen LogP contribution in [0, 0.1) is 13.8 Å². The minimum absolute atomic E-state index is 0.0753. The lowest BCUT2D eigenvalue weighted by Gasteiger charge is -2.11. The maximum Gasteiger partial charge on any atom is 0.339 e. The van der Waals surface area contributed by atoms with Gasteiger partial charge >= 0.3 is 5.97 Å². The van der Waals surface area contributed by atoms with Crippen LogP contribution in [0.2, 0.25) is 0 Å². The summed E-state index contributed by atoms with van der Waals surface area (Å²) in [7, 11) is -3.57. The van der Waals surface area contributed by atoms with Crippen LogP contribution in [0.25, 0.3) is 0 Å². The van der Waals surface area contributed by atoms with Gasteiger partial charge in [-0.15, -0.1) is 0 Å². The van der Waals surface area contributed by atoms with Gasteiger partial charge in [0.05, 0.1) is 16.2 Å². The fraction of sp³-hybridized carbons (Fsp3) is 0.263. The minimum atomic E-state index is -3.57. The molecule has 0 aliphatic rings. The molecule has 0 aliphatic heterocycles. The Morgan fingerprint density at radius 2 is 1.77 bits per heavy atom. The molecule has 0 saturated heterocycles. The van der Waals surface area contributed by atoms with E-state index in [1.807, 2.05) is 26.0 Å². The number of hydrogen-bond acceptors (Lipinski definition) is 5. The molecule has 0 atom stereocenters. The second-order valence-electron chi connectivity index (χ2n) is 5.84. The van der Waals surface area contributed by atoms with Gasteiger partial charge in [-0.1, -0.05) is 36.8 Å². The van der Waals surface area contributed by atoms with Crippen molar-refractivity contribution in [1.29, 1.82) is 0 Å². The predicted octanol–water partition coefficient (Wildman–Crippen LogP) is 2.89. The molecule has 0 unspecified atom stereocenters. The van der Waals surface area contributed by atoms with Gasteiger partial charge in [0, 0.05) is 5.69 Å². The number of rotatable bonds is 6. The number of carbonyl (C=O) groups excluding carboxylic acids is 2. The molecule has 2 rings (SSSR count). The van der Waals surface area contributed by atoms with Crippen LogP contribution in [-0.2, 0) is 19.4 Å². The van der Waals surface area contributed by atoms with Crippen molar-refractivity contribution >= 4 is 27.4 Å². The molecule has 1 amide bonds. The van der Waals surface area contributed by atoms with Gasteiger partial charge in [-0.2, -0.15) is 0 Å². The molecule has 0 aliphatic carbocycles. The van der Waals surface area contributed by atoms with Gasteiger partial charge in [0.15, 0.2) is 16.4 Å². The summed E-state index contributed by atoms with van der Waals surface area (Å²) in [6, 6.07) is 11.4. The van der Waals surface area contributed by atoms with Crippen molar-refractivity contribution in [2.24, 2.45) is 0 Å². The highest BCUT2D eigenvalue weighted by atomic mass is 32.2. The van der Waals surface area contributed by atoms with Gasteiger partial charge in [0.2, 0.25) is 0 Å². The lowest BCUT2D eigenvalue weighted by Crippen LogP contribution is -2.22. The van der Waals surface area contributed by atoms with Gasteiger partial charge in [-0.3, -0.25) is 4.79 Å². The van der Waals surface area contributed by atoms with E-state index in [1.165, 1.54) is 25.1 Å². The van der Waals surface area contributed by atoms with Crippen molar-refractivity contribution in [2.75, 3.05) is 17.7 Å². The van der Waals surface area contributed by atoms with Crippen LogP contribution in [0.4, 0.5) is 5.69 Å². The number of aryl methyl sites for hydroxylation is 2. The maximum absolute atomic E-state index is 12.2. The lowest BCUT2D eigenvalue weighted by molar-refractivity contribution is -0.119. The molecule has 0 heterocycles. The molecule has 2 aromatic carbocycles. The van der Waals surface area contributed by atoms with Crippen LogP contribution in [0.15, 0.2) is 47.4 Å². The summed E-state index contributed by atoms with van der Waals surface area (Å²) in [5.74, 6) is -1.49. The molecule has 138 valence electrons. The lowest BCUT2D eigenvalue weighted by atomic mass is 10.1.